The van der Waals surface area contributed by atoms with Crippen LogP contribution in [0.15, 0.2) is 67.0 Å². The second-order valence-electron chi connectivity index (χ2n) is 6.58. The Labute approximate surface area is 165 Å². The molecule has 1 aromatic heterocycles. The lowest BCUT2D eigenvalue weighted by atomic mass is 10.0. The maximum absolute atomic E-state index is 12.1. The molecule has 2 aromatic carbocycles. The van der Waals surface area contributed by atoms with Crippen molar-refractivity contribution >= 4 is 5.91 Å². The van der Waals surface area contributed by atoms with Crippen LogP contribution < -0.4 is 10.1 Å². The van der Waals surface area contributed by atoms with Gasteiger partial charge in [-0.3, -0.25) is 4.79 Å². The van der Waals surface area contributed by atoms with Crippen LogP contribution in [-0.4, -0.2) is 23.5 Å². The van der Waals surface area contributed by atoms with Crippen molar-refractivity contribution in [3.8, 4) is 17.6 Å². The van der Waals surface area contributed by atoms with Crippen molar-refractivity contribution in [2.45, 2.75) is 26.3 Å². The van der Waals surface area contributed by atoms with Crippen LogP contribution in [0.2, 0.25) is 0 Å². The van der Waals surface area contributed by atoms with Crippen molar-refractivity contribution in [3.05, 3.63) is 89.2 Å². The molecule has 3 aromatic rings. The lowest BCUT2D eigenvalue weighted by Gasteiger charge is -2.13. The summed E-state index contributed by atoms with van der Waals surface area (Å²) in [6.45, 7) is 4.63. The fourth-order valence-electron chi connectivity index (χ4n) is 2.85. The molecule has 0 radical (unpaired) electrons. The Kier molecular flexibility index (Phi) is 6.54. The number of carbonyl (C=O) groups excluding carboxylic acids is 1. The van der Waals surface area contributed by atoms with Gasteiger partial charge in [-0.1, -0.05) is 24.0 Å². The van der Waals surface area contributed by atoms with Gasteiger partial charge in [-0.05, 0) is 68.3 Å². The minimum Gasteiger partial charge on any atom is -0.494 e. The molecule has 0 saturated carbocycles. The van der Waals surface area contributed by atoms with Gasteiger partial charge in [0.1, 0.15) is 5.75 Å². The number of ether oxygens (including phenoxy) is 1. The van der Waals surface area contributed by atoms with E-state index >= 15 is 0 Å². The van der Waals surface area contributed by atoms with Gasteiger partial charge in [0, 0.05) is 29.6 Å². The van der Waals surface area contributed by atoms with E-state index in [1.165, 1.54) is 0 Å². The first-order valence-corrected chi connectivity index (χ1v) is 9.41. The Bertz CT molecular complexity index is 947. The predicted molar refractivity (Wildman–Crippen MR) is 111 cm³/mol. The summed E-state index contributed by atoms with van der Waals surface area (Å²) in [5.41, 5.74) is 3.72. The van der Waals surface area contributed by atoms with E-state index in [1.54, 1.807) is 18.5 Å². The van der Waals surface area contributed by atoms with Gasteiger partial charge in [0.05, 0.1) is 12.2 Å². The first-order chi connectivity index (χ1) is 13.6. The Balaban J connectivity index is 1.55. The van der Waals surface area contributed by atoms with Gasteiger partial charge in [0.25, 0.3) is 5.91 Å². The summed E-state index contributed by atoms with van der Waals surface area (Å²) < 4.78 is 5.44. The number of rotatable bonds is 6. The van der Waals surface area contributed by atoms with Crippen molar-refractivity contribution in [2.24, 2.45) is 0 Å². The largest absolute Gasteiger partial charge is 0.494 e. The molecule has 0 aliphatic carbocycles. The topological polar surface area (TPSA) is 54.1 Å². The van der Waals surface area contributed by atoms with Crippen LogP contribution in [0.1, 0.15) is 40.9 Å². The number of hydrogen-bond acceptors (Lipinski definition) is 2. The highest BCUT2D eigenvalue weighted by molar-refractivity contribution is 5.94. The van der Waals surface area contributed by atoms with Crippen molar-refractivity contribution < 1.29 is 9.53 Å². The summed E-state index contributed by atoms with van der Waals surface area (Å²) in [6, 6.07) is 17.7. The number of H-pyrrole nitrogens is 1. The minimum atomic E-state index is -0.0633. The molecule has 0 fully saturated rings. The van der Waals surface area contributed by atoms with Crippen LogP contribution in [0.5, 0.6) is 5.75 Å². The number of nitrogens with one attached hydrogen (secondary N) is 2. The van der Waals surface area contributed by atoms with Gasteiger partial charge in [-0.15, -0.1) is 0 Å². The molecule has 28 heavy (non-hydrogen) atoms. The standard InChI is InChI=1S/C24H24N2O2/c1-3-28-23-12-10-20(11-13-23)5-4-19-6-8-21(9-7-19)16-18(2)26-24(27)22-14-15-25-17-22/h6-15,17-18,25H,3,16H2,1-2H3,(H,26,27). The zero-order chi connectivity index (χ0) is 19.8. The third-order valence-corrected chi connectivity index (χ3v) is 4.25. The normalized spacial score (nSPS) is 11.2. The average molecular weight is 372 g/mol. The van der Waals surface area contributed by atoms with E-state index in [4.69, 9.17) is 4.74 Å². The van der Waals surface area contributed by atoms with Crippen molar-refractivity contribution in [2.75, 3.05) is 6.61 Å². The first-order valence-electron chi connectivity index (χ1n) is 9.41. The monoisotopic (exact) mass is 372 g/mol. The SMILES string of the molecule is CCOc1ccc(C#Cc2ccc(CC(C)NC(=O)c3cc[nH]c3)cc2)cc1. The van der Waals surface area contributed by atoms with Crippen LogP contribution >= 0.6 is 0 Å². The molecule has 1 amide bonds. The Hall–Kier alpha value is -3.45. The first kappa shape index (κ1) is 19.3. The second-order valence-corrected chi connectivity index (χ2v) is 6.58. The third-order valence-electron chi connectivity index (χ3n) is 4.25. The van der Waals surface area contributed by atoms with E-state index in [1.807, 2.05) is 50.2 Å². The molecule has 0 bridgehead atoms. The Morgan fingerprint density at radius 2 is 1.68 bits per heavy atom. The lowest BCUT2D eigenvalue weighted by Crippen LogP contribution is -2.33. The van der Waals surface area contributed by atoms with Crippen molar-refractivity contribution in [1.82, 2.24) is 10.3 Å². The lowest BCUT2D eigenvalue weighted by molar-refractivity contribution is 0.0940. The molecule has 4 heteroatoms. The van der Waals surface area contributed by atoms with Gasteiger partial charge in [-0.2, -0.15) is 0 Å². The van der Waals surface area contributed by atoms with Gasteiger partial charge in [-0.25, -0.2) is 0 Å². The summed E-state index contributed by atoms with van der Waals surface area (Å²) in [5.74, 6) is 7.14. The molecule has 0 aliphatic heterocycles. The summed E-state index contributed by atoms with van der Waals surface area (Å²) in [4.78, 5) is 15.0. The molecule has 142 valence electrons. The van der Waals surface area contributed by atoms with Gasteiger partial charge in [0.15, 0.2) is 0 Å². The molecule has 0 spiro atoms. The maximum atomic E-state index is 12.1. The second kappa shape index (κ2) is 9.48. The Morgan fingerprint density at radius 3 is 2.25 bits per heavy atom. The van der Waals surface area contributed by atoms with E-state index in [2.05, 4.69) is 34.3 Å². The van der Waals surface area contributed by atoms with E-state index in [9.17, 15) is 4.79 Å². The summed E-state index contributed by atoms with van der Waals surface area (Å²) in [7, 11) is 0. The van der Waals surface area contributed by atoms with Crippen LogP contribution in [0.25, 0.3) is 0 Å². The summed E-state index contributed by atoms with van der Waals surface area (Å²) in [5, 5.41) is 3.01. The third kappa shape index (κ3) is 5.52. The Morgan fingerprint density at radius 1 is 1.04 bits per heavy atom. The molecule has 2 N–H and O–H groups in total. The average Bonchev–Trinajstić information content (AvgIpc) is 3.24. The molecule has 1 atom stereocenters. The van der Waals surface area contributed by atoms with Crippen LogP contribution in [0.4, 0.5) is 0 Å². The molecule has 1 unspecified atom stereocenters. The van der Waals surface area contributed by atoms with Crippen LogP contribution in [0.3, 0.4) is 0 Å². The van der Waals surface area contributed by atoms with Crippen molar-refractivity contribution in [3.63, 3.8) is 0 Å². The zero-order valence-corrected chi connectivity index (χ0v) is 16.2. The number of carbonyl (C=O) groups is 1. The van der Waals surface area contributed by atoms with E-state index in [0.29, 0.717) is 12.2 Å². The molecule has 0 saturated heterocycles. The fourth-order valence-corrected chi connectivity index (χ4v) is 2.85. The van der Waals surface area contributed by atoms with Crippen molar-refractivity contribution in [1.29, 1.82) is 0 Å². The minimum absolute atomic E-state index is 0.0446. The predicted octanol–water partition coefficient (Wildman–Crippen LogP) is 4.17. The fraction of sp³-hybridized carbons (Fsp3) is 0.208. The maximum Gasteiger partial charge on any atom is 0.253 e. The number of hydrogen-bond donors (Lipinski definition) is 2. The summed E-state index contributed by atoms with van der Waals surface area (Å²) >= 11 is 0. The zero-order valence-electron chi connectivity index (χ0n) is 16.2. The molecule has 0 aliphatic rings. The smallest absolute Gasteiger partial charge is 0.253 e. The van der Waals surface area contributed by atoms with E-state index in [-0.39, 0.29) is 11.9 Å². The van der Waals surface area contributed by atoms with Crippen LogP contribution in [-0.2, 0) is 6.42 Å². The van der Waals surface area contributed by atoms with Gasteiger partial charge in [0.2, 0.25) is 0 Å². The molecular weight excluding hydrogens is 348 g/mol. The van der Waals surface area contributed by atoms with E-state index in [0.717, 1.165) is 28.9 Å². The quantitative estimate of drug-likeness (QED) is 0.638. The highest BCUT2D eigenvalue weighted by Gasteiger charge is 2.10. The number of aromatic amines is 1. The van der Waals surface area contributed by atoms with Gasteiger partial charge < -0.3 is 15.0 Å². The molecule has 3 rings (SSSR count). The highest BCUT2D eigenvalue weighted by Crippen LogP contribution is 2.12. The van der Waals surface area contributed by atoms with Crippen LogP contribution in [0, 0.1) is 11.8 Å². The summed E-state index contributed by atoms with van der Waals surface area (Å²) in [6.07, 6.45) is 4.20. The molecule has 4 nitrogen and oxygen atoms in total. The van der Waals surface area contributed by atoms with Gasteiger partial charge >= 0.3 is 0 Å². The highest BCUT2D eigenvalue weighted by atomic mass is 16.5. The number of aromatic nitrogens is 1. The number of benzene rings is 2. The molecule has 1 heterocycles. The molecular formula is C24H24N2O2. The van der Waals surface area contributed by atoms with E-state index < -0.39 is 0 Å². The number of amides is 1.